The van der Waals surface area contributed by atoms with Gasteiger partial charge in [-0.3, -0.25) is 0 Å². The topological polar surface area (TPSA) is 35.5 Å². The van der Waals surface area contributed by atoms with Crippen molar-refractivity contribution in [2.75, 3.05) is 6.61 Å². The van der Waals surface area contributed by atoms with Crippen molar-refractivity contribution >= 4 is 12.0 Å². The number of carbonyl (C=O) groups is 1. The second-order valence-corrected chi connectivity index (χ2v) is 6.66. The van der Waals surface area contributed by atoms with Crippen LogP contribution in [0.3, 0.4) is 0 Å². The molecule has 0 radical (unpaired) electrons. The molecule has 0 amide bonds. The molecule has 3 aromatic carbocycles. The normalized spacial score (nSPS) is 11.9. The van der Waals surface area contributed by atoms with E-state index in [1.807, 2.05) is 79.7 Å². The van der Waals surface area contributed by atoms with E-state index in [2.05, 4.69) is 18.2 Å². The SMILES string of the molecule is C/C=C/c1ccccc1-c1ccc(OC(Cc2ccccc2)C(=O)OCC)cc1. The Kier molecular flexibility index (Phi) is 7.23. The summed E-state index contributed by atoms with van der Waals surface area (Å²) in [5, 5.41) is 0. The number of allylic oxidation sites excluding steroid dienone is 1. The van der Waals surface area contributed by atoms with Crippen LogP contribution in [0.4, 0.5) is 0 Å². The highest BCUT2D eigenvalue weighted by molar-refractivity contribution is 5.76. The van der Waals surface area contributed by atoms with E-state index in [9.17, 15) is 4.79 Å². The van der Waals surface area contributed by atoms with Crippen molar-refractivity contribution in [2.45, 2.75) is 26.4 Å². The van der Waals surface area contributed by atoms with E-state index in [0.717, 1.165) is 22.3 Å². The maximum absolute atomic E-state index is 12.4. The predicted molar refractivity (Wildman–Crippen MR) is 118 cm³/mol. The van der Waals surface area contributed by atoms with Crippen molar-refractivity contribution in [2.24, 2.45) is 0 Å². The van der Waals surface area contributed by atoms with E-state index in [1.165, 1.54) is 0 Å². The van der Waals surface area contributed by atoms with Crippen LogP contribution in [0, 0.1) is 0 Å². The maximum Gasteiger partial charge on any atom is 0.347 e. The Balaban J connectivity index is 1.79. The molecule has 0 saturated heterocycles. The molecule has 0 bridgehead atoms. The van der Waals surface area contributed by atoms with Gasteiger partial charge in [0.15, 0.2) is 6.10 Å². The molecule has 0 aliphatic carbocycles. The second-order valence-electron chi connectivity index (χ2n) is 6.66. The molecule has 3 rings (SSSR count). The van der Waals surface area contributed by atoms with Crippen LogP contribution in [0.1, 0.15) is 25.0 Å². The average molecular weight is 386 g/mol. The largest absolute Gasteiger partial charge is 0.478 e. The fourth-order valence-corrected chi connectivity index (χ4v) is 3.20. The van der Waals surface area contributed by atoms with Gasteiger partial charge in [0, 0.05) is 6.42 Å². The quantitative estimate of drug-likeness (QED) is 0.450. The maximum atomic E-state index is 12.4. The van der Waals surface area contributed by atoms with Gasteiger partial charge in [-0.25, -0.2) is 4.79 Å². The lowest BCUT2D eigenvalue weighted by atomic mass is 9.99. The molecule has 0 aromatic heterocycles. The summed E-state index contributed by atoms with van der Waals surface area (Å²) >= 11 is 0. The van der Waals surface area contributed by atoms with E-state index in [1.54, 1.807) is 6.92 Å². The molecule has 0 spiro atoms. The summed E-state index contributed by atoms with van der Waals surface area (Å²) in [4.78, 5) is 12.4. The molecule has 0 aliphatic rings. The number of rotatable bonds is 8. The van der Waals surface area contributed by atoms with Crippen LogP contribution in [-0.4, -0.2) is 18.7 Å². The highest BCUT2D eigenvalue weighted by atomic mass is 16.6. The molecule has 3 heteroatoms. The van der Waals surface area contributed by atoms with Crippen LogP contribution in [0.2, 0.25) is 0 Å². The van der Waals surface area contributed by atoms with E-state index < -0.39 is 6.10 Å². The van der Waals surface area contributed by atoms with E-state index >= 15 is 0 Å². The Morgan fingerprint density at radius 1 is 0.931 bits per heavy atom. The number of esters is 1. The van der Waals surface area contributed by atoms with Crippen LogP contribution >= 0.6 is 0 Å². The molecule has 0 heterocycles. The summed E-state index contributed by atoms with van der Waals surface area (Å²) in [5.74, 6) is 0.296. The molecular formula is C26H26O3. The first kappa shape index (κ1) is 20.4. The Morgan fingerprint density at radius 2 is 1.62 bits per heavy atom. The van der Waals surface area contributed by atoms with Crippen molar-refractivity contribution in [1.29, 1.82) is 0 Å². The minimum atomic E-state index is -0.682. The third-order valence-corrected chi connectivity index (χ3v) is 4.56. The van der Waals surface area contributed by atoms with Crippen LogP contribution < -0.4 is 4.74 Å². The number of carbonyl (C=O) groups excluding carboxylic acids is 1. The molecule has 0 fully saturated rings. The zero-order valence-corrected chi connectivity index (χ0v) is 16.9. The van der Waals surface area contributed by atoms with Crippen molar-refractivity contribution in [3.05, 3.63) is 96.1 Å². The average Bonchev–Trinajstić information content (AvgIpc) is 2.75. The van der Waals surface area contributed by atoms with E-state index in [4.69, 9.17) is 9.47 Å². The van der Waals surface area contributed by atoms with Crippen molar-refractivity contribution < 1.29 is 14.3 Å². The summed E-state index contributed by atoms with van der Waals surface area (Å²) < 4.78 is 11.2. The minimum Gasteiger partial charge on any atom is -0.478 e. The van der Waals surface area contributed by atoms with Gasteiger partial charge in [-0.1, -0.05) is 78.9 Å². The number of hydrogen-bond acceptors (Lipinski definition) is 3. The predicted octanol–water partition coefficient (Wildman–Crippen LogP) is 5.94. The van der Waals surface area contributed by atoms with Gasteiger partial charge in [0.25, 0.3) is 0 Å². The van der Waals surface area contributed by atoms with Crippen molar-refractivity contribution in [3.63, 3.8) is 0 Å². The third-order valence-electron chi connectivity index (χ3n) is 4.56. The first-order valence-corrected chi connectivity index (χ1v) is 9.90. The summed E-state index contributed by atoms with van der Waals surface area (Å²) in [6, 6.07) is 25.9. The van der Waals surface area contributed by atoms with Crippen LogP contribution in [0.5, 0.6) is 5.75 Å². The molecule has 1 atom stereocenters. The monoisotopic (exact) mass is 386 g/mol. The fraction of sp³-hybridized carbons (Fsp3) is 0.192. The highest BCUT2D eigenvalue weighted by Crippen LogP contribution is 2.27. The molecule has 0 aliphatic heterocycles. The summed E-state index contributed by atoms with van der Waals surface area (Å²) in [5.41, 5.74) is 4.45. The third kappa shape index (κ3) is 5.58. The van der Waals surface area contributed by atoms with Gasteiger partial charge in [-0.15, -0.1) is 0 Å². The lowest BCUT2D eigenvalue weighted by molar-refractivity contribution is -0.151. The molecule has 29 heavy (non-hydrogen) atoms. The highest BCUT2D eigenvalue weighted by Gasteiger charge is 2.22. The molecule has 1 unspecified atom stereocenters. The molecular weight excluding hydrogens is 360 g/mol. The zero-order valence-electron chi connectivity index (χ0n) is 16.9. The molecule has 3 aromatic rings. The van der Waals surface area contributed by atoms with Gasteiger partial charge in [-0.2, -0.15) is 0 Å². The van der Waals surface area contributed by atoms with Gasteiger partial charge in [0.05, 0.1) is 6.61 Å². The first-order chi connectivity index (χ1) is 14.2. The van der Waals surface area contributed by atoms with Crippen LogP contribution in [0.25, 0.3) is 17.2 Å². The number of hydrogen-bond donors (Lipinski definition) is 0. The Bertz CT molecular complexity index is 943. The smallest absolute Gasteiger partial charge is 0.347 e. The Labute approximate surface area is 172 Å². The second kappa shape index (κ2) is 10.3. The summed E-state index contributed by atoms with van der Waals surface area (Å²) in [7, 11) is 0. The van der Waals surface area contributed by atoms with Gasteiger partial charge < -0.3 is 9.47 Å². The molecule has 0 N–H and O–H groups in total. The number of ether oxygens (including phenoxy) is 2. The Hall–Kier alpha value is -3.33. The van der Waals surface area contributed by atoms with Gasteiger partial charge in [-0.05, 0) is 48.2 Å². The first-order valence-electron chi connectivity index (χ1n) is 9.90. The molecule has 0 saturated carbocycles. The molecule has 3 nitrogen and oxygen atoms in total. The van der Waals surface area contributed by atoms with Gasteiger partial charge >= 0.3 is 5.97 Å². The summed E-state index contributed by atoms with van der Waals surface area (Å²) in [6.45, 7) is 4.14. The van der Waals surface area contributed by atoms with Gasteiger partial charge in [0.1, 0.15) is 5.75 Å². The Morgan fingerprint density at radius 3 is 2.31 bits per heavy atom. The zero-order chi connectivity index (χ0) is 20.5. The lowest BCUT2D eigenvalue weighted by Gasteiger charge is -2.18. The van der Waals surface area contributed by atoms with Crippen LogP contribution in [0.15, 0.2) is 84.9 Å². The standard InChI is InChI=1S/C26H26O3/c1-3-10-21-13-8-9-14-24(21)22-15-17-23(18-16-22)29-25(26(27)28-4-2)19-20-11-6-5-7-12-20/h3,5-18,25H,4,19H2,1-2H3/b10-3+. The van der Waals surface area contributed by atoms with Crippen molar-refractivity contribution in [3.8, 4) is 16.9 Å². The molecule has 148 valence electrons. The number of benzene rings is 3. The lowest BCUT2D eigenvalue weighted by Crippen LogP contribution is -2.31. The van der Waals surface area contributed by atoms with E-state index in [-0.39, 0.29) is 5.97 Å². The van der Waals surface area contributed by atoms with Crippen LogP contribution in [-0.2, 0) is 16.0 Å². The minimum absolute atomic E-state index is 0.328. The summed E-state index contributed by atoms with van der Waals surface area (Å²) in [6.07, 6.45) is 3.91. The fourth-order valence-electron chi connectivity index (χ4n) is 3.20. The van der Waals surface area contributed by atoms with Crippen molar-refractivity contribution in [1.82, 2.24) is 0 Å². The van der Waals surface area contributed by atoms with Gasteiger partial charge in [0.2, 0.25) is 0 Å². The van der Waals surface area contributed by atoms with E-state index in [0.29, 0.717) is 18.8 Å².